The van der Waals surface area contributed by atoms with E-state index in [0.717, 1.165) is 84.1 Å². The van der Waals surface area contributed by atoms with Crippen LogP contribution in [0.3, 0.4) is 0 Å². The summed E-state index contributed by atoms with van der Waals surface area (Å²) < 4.78 is 11.2. The highest BCUT2D eigenvalue weighted by molar-refractivity contribution is 6.00. The number of amides is 2. The monoisotopic (exact) mass is 713 g/mol. The molecular weight excluding hydrogens is 674 g/mol. The minimum Gasteiger partial charge on any atom is -0.457 e. The van der Waals surface area contributed by atoms with Crippen LogP contribution in [0.4, 0.5) is 5.82 Å². The number of hydrazine groups is 1. The number of aryl methyl sites for hydroxylation is 1. The van der Waals surface area contributed by atoms with Crippen molar-refractivity contribution in [3.05, 3.63) is 95.2 Å². The lowest BCUT2D eigenvalue weighted by atomic mass is 10.1. The maximum Gasteiger partial charge on any atom is 0.329 e. The zero-order valence-electron chi connectivity index (χ0n) is 29.3. The Labute approximate surface area is 304 Å². The number of benzene rings is 3. The number of carbonyl (C=O) groups is 2. The number of rotatable bonds is 8. The molecule has 0 saturated carbocycles. The summed E-state index contributed by atoms with van der Waals surface area (Å²) in [5.74, 6) is 1.18. The summed E-state index contributed by atoms with van der Waals surface area (Å²) >= 11 is 0. The van der Waals surface area contributed by atoms with E-state index in [0.29, 0.717) is 24.3 Å². The number of aromatic nitrogens is 6. The van der Waals surface area contributed by atoms with E-state index in [2.05, 4.69) is 30.2 Å². The van der Waals surface area contributed by atoms with Gasteiger partial charge in [0, 0.05) is 38.7 Å². The van der Waals surface area contributed by atoms with Crippen LogP contribution >= 0.6 is 0 Å². The summed E-state index contributed by atoms with van der Waals surface area (Å²) in [6.07, 6.45) is 3.82. The molecule has 3 fully saturated rings. The summed E-state index contributed by atoms with van der Waals surface area (Å²) in [6.45, 7) is 3.96. The van der Waals surface area contributed by atoms with Crippen molar-refractivity contribution in [3.8, 4) is 22.8 Å². The first kappa shape index (κ1) is 33.0. The largest absolute Gasteiger partial charge is 0.457 e. The van der Waals surface area contributed by atoms with Crippen LogP contribution in [-0.4, -0.2) is 82.0 Å². The Hall–Kier alpha value is -5.90. The second-order valence-electron chi connectivity index (χ2n) is 14.0. The molecule has 0 aliphatic carbocycles. The molecule has 15 nitrogen and oxygen atoms in total. The van der Waals surface area contributed by atoms with Gasteiger partial charge in [-0.05, 0) is 67.3 Å². The number of carbonyl (C=O) groups excluding carboxylic acids is 2. The zero-order valence-corrected chi connectivity index (χ0v) is 29.3. The van der Waals surface area contributed by atoms with Crippen molar-refractivity contribution in [3.63, 3.8) is 0 Å². The highest BCUT2D eigenvalue weighted by Crippen LogP contribution is 2.36. The number of nitrogens with two attached hydrogens (primary N) is 1. The van der Waals surface area contributed by atoms with E-state index in [1.807, 2.05) is 77.5 Å². The van der Waals surface area contributed by atoms with Crippen molar-refractivity contribution in [2.45, 2.75) is 44.3 Å². The molecule has 53 heavy (non-hydrogen) atoms. The molecule has 6 aromatic rings. The van der Waals surface area contributed by atoms with Crippen LogP contribution in [0, 0.1) is 0 Å². The molecule has 6 heterocycles. The van der Waals surface area contributed by atoms with E-state index in [-0.39, 0.29) is 24.1 Å². The van der Waals surface area contributed by atoms with E-state index in [4.69, 9.17) is 15.6 Å². The van der Waals surface area contributed by atoms with Crippen LogP contribution in [0.1, 0.15) is 43.3 Å². The zero-order chi connectivity index (χ0) is 36.2. The third kappa shape index (κ3) is 5.92. The Morgan fingerprint density at radius 3 is 2.38 bits per heavy atom. The highest BCUT2D eigenvalue weighted by Gasteiger charge is 2.35. The fraction of sp³-hybridized carbons (Fsp3) is 0.316. The van der Waals surface area contributed by atoms with Gasteiger partial charge in [0.1, 0.15) is 35.4 Å². The van der Waals surface area contributed by atoms with E-state index < -0.39 is 11.9 Å². The average Bonchev–Trinajstić information content (AvgIpc) is 3.67. The molecule has 3 aromatic heterocycles. The van der Waals surface area contributed by atoms with Gasteiger partial charge in [-0.2, -0.15) is 5.10 Å². The number of nitrogens with zero attached hydrogens (tertiary/aromatic N) is 9. The number of para-hydroxylation sites is 2. The van der Waals surface area contributed by atoms with E-state index >= 15 is 0 Å². The fourth-order valence-electron chi connectivity index (χ4n) is 7.95. The average molecular weight is 714 g/mol. The second-order valence-corrected chi connectivity index (χ2v) is 14.0. The maximum absolute atomic E-state index is 13.4. The number of fused-ring (bicyclic) bond motifs is 2. The molecule has 0 spiro atoms. The first-order valence-electron chi connectivity index (χ1n) is 17.9. The summed E-state index contributed by atoms with van der Waals surface area (Å²) in [4.78, 5) is 49.0. The molecule has 1 unspecified atom stereocenters. The summed E-state index contributed by atoms with van der Waals surface area (Å²) in [6, 6.07) is 22.8. The number of nitrogens with one attached hydrogen (secondary N) is 1. The van der Waals surface area contributed by atoms with Gasteiger partial charge in [-0.25, -0.2) is 29.5 Å². The molecule has 3 N–H and O–H groups in total. The minimum absolute atomic E-state index is 0.155. The van der Waals surface area contributed by atoms with Gasteiger partial charge in [-0.1, -0.05) is 30.3 Å². The molecule has 1 atom stereocenters. The van der Waals surface area contributed by atoms with E-state index in [1.54, 1.807) is 11.6 Å². The quantitative estimate of drug-likeness (QED) is 0.221. The predicted molar refractivity (Wildman–Crippen MR) is 197 cm³/mol. The normalized spacial score (nSPS) is 19.2. The van der Waals surface area contributed by atoms with Gasteiger partial charge < -0.3 is 10.5 Å². The summed E-state index contributed by atoms with van der Waals surface area (Å²) in [5.41, 5.74) is 11.1. The smallest absolute Gasteiger partial charge is 0.329 e. The minimum atomic E-state index is -0.704. The highest BCUT2D eigenvalue weighted by atomic mass is 16.5. The number of hydrogen-bond donors (Lipinski definition) is 2. The van der Waals surface area contributed by atoms with Crippen LogP contribution < -0.4 is 21.5 Å². The molecule has 9 rings (SSSR count). The number of imide groups is 1. The van der Waals surface area contributed by atoms with Gasteiger partial charge in [-0.15, -0.1) is 0 Å². The first-order chi connectivity index (χ1) is 25.8. The maximum atomic E-state index is 13.4. The van der Waals surface area contributed by atoms with Crippen molar-refractivity contribution in [2.24, 2.45) is 7.05 Å². The lowest BCUT2D eigenvalue weighted by Crippen LogP contribution is -2.62. The Morgan fingerprint density at radius 2 is 1.62 bits per heavy atom. The molecule has 15 heteroatoms. The third-order valence-corrected chi connectivity index (χ3v) is 10.6. The summed E-state index contributed by atoms with van der Waals surface area (Å²) in [5, 5.41) is 13.0. The number of piperidine rings is 2. The first-order valence-corrected chi connectivity index (χ1v) is 17.9. The Kier molecular flexibility index (Phi) is 8.25. The Bertz CT molecular complexity index is 2410. The number of anilines is 1. The van der Waals surface area contributed by atoms with Crippen molar-refractivity contribution >= 4 is 39.7 Å². The van der Waals surface area contributed by atoms with Gasteiger partial charge in [0.15, 0.2) is 5.65 Å². The van der Waals surface area contributed by atoms with Gasteiger partial charge in [0.05, 0.1) is 35.8 Å². The van der Waals surface area contributed by atoms with Crippen LogP contribution in [0.25, 0.3) is 33.3 Å². The second kappa shape index (κ2) is 13.3. The van der Waals surface area contributed by atoms with Crippen LogP contribution in [0.2, 0.25) is 0 Å². The van der Waals surface area contributed by atoms with Gasteiger partial charge in [0.25, 0.3) is 0 Å². The summed E-state index contributed by atoms with van der Waals surface area (Å²) in [7, 11) is 1.74. The topological polar surface area (TPSA) is 162 Å². The molecule has 3 aliphatic heterocycles. The molecular formula is C38H39N11O4. The molecule has 2 amide bonds. The lowest BCUT2D eigenvalue weighted by molar-refractivity contribution is -0.185. The number of ether oxygens (including phenoxy) is 1. The SMILES string of the molecule is Cn1c(=O)n(C2CCC(=O)NC2=O)c2cccc(CN3CN(N4CCC(n5nc(-c6ccc(Oc7ccccc7)cc6)c6c(N)ncnc65)CC4)C3)c21. The Morgan fingerprint density at radius 1 is 0.868 bits per heavy atom. The lowest BCUT2D eigenvalue weighted by Gasteiger charge is -2.50. The van der Waals surface area contributed by atoms with Crippen LogP contribution in [-0.2, 0) is 23.2 Å². The predicted octanol–water partition coefficient (Wildman–Crippen LogP) is 3.78. The number of imidazole rings is 1. The van der Waals surface area contributed by atoms with E-state index in [9.17, 15) is 14.4 Å². The molecule has 3 aliphatic rings. The van der Waals surface area contributed by atoms with Gasteiger partial charge in [0.2, 0.25) is 11.8 Å². The molecule has 270 valence electrons. The number of nitrogen functional groups attached to an aromatic ring is 1. The van der Waals surface area contributed by atoms with Crippen molar-refractivity contribution in [2.75, 3.05) is 32.2 Å². The standard InChI is InChI=1S/C38H39N11O4/c1-44-34-25(6-5-9-29(34)48(38(44)52)30-14-15-31(50)42-37(30)51)20-45-22-47(23-45)46-18-16-26(17-19-46)49-36-32(35(39)40-21-41-36)33(43-49)24-10-12-28(13-11-24)53-27-7-3-2-4-8-27/h2-13,21,26,30H,14-20,22-23H2,1H3,(H2,39,40,41)(H,42,50,51). The van der Waals surface area contributed by atoms with Gasteiger partial charge in [-0.3, -0.25) is 28.9 Å². The molecule has 0 radical (unpaired) electrons. The Balaban J connectivity index is 0.861. The molecule has 3 aromatic carbocycles. The molecule has 3 saturated heterocycles. The number of hydrogen-bond acceptors (Lipinski definition) is 11. The fourth-order valence-corrected chi connectivity index (χ4v) is 7.95. The van der Waals surface area contributed by atoms with Crippen molar-refractivity contribution in [1.82, 2.24) is 49.1 Å². The van der Waals surface area contributed by atoms with Crippen LogP contribution in [0.15, 0.2) is 83.9 Å². The van der Waals surface area contributed by atoms with Crippen molar-refractivity contribution < 1.29 is 14.3 Å². The van der Waals surface area contributed by atoms with Crippen LogP contribution in [0.5, 0.6) is 11.5 Å². The molecule has 0 bridgehead atoms. The van der Waals surface area contributed by atoms with Crippen molar-refractivity contribution in [1.29, 1.82) is 0 Å². The third-order valence-electron chi connectivity index (χ3n) is 10.6. The van der Waals surface area contributed by atoms with E-state index in [1.165, 1.54) is 10.9 Å². The van der Waals surface area contributed by atoms with Gasteiger partial charge >= 0.3 is 5.69 Å².